The molecule has 1 saturated heterocycles. The first kappa shape index (κ1) is 16.8. The monoisotopic (exact) mass is 330 g/mol. The van der Waals surface area contributed by atoms with E-state index in [1.165, 1.54) is 5.56 Å². The minimum Gasteiger partial charge on any atom is -0.444 e. The van der Waals surface area contributed by atoms with Crippen LogP contribution in [0.4, 0.5) is 10.5 Å². The highest BCUT2D eigenvalue weighted by atomic mass is 16.6. The molecule has 1 aromatic rings. The number of carbonyl (C=O) groups is 2. The first-order valence-electron chi connectivity index (χ1n) is 8.72. The van der Waals surface area contributed by atoms with Crippen molar-refractivity contribution in [3.63, 3.8) is 0 Å². The van der Waals surface area contributed by atoms with Gasteiger partial charge in [0.05, 0.1) is 5.92 Å². The molecule has 0 spiro atoms. The van der Waals surface area contributed by atoms with Crippen LogP contribution in [0.5, 0.6) is 0 Å². The summed E-state index contributed by atoms with van der Waals surface area (Å²) in [6.07, 6.45) is 2.26. The van der Waals surface area contributed by atoms with Crippen LogP contribution in [0.25, 0.3) is 0 Å². The summed E-state index contributed by atoms with van der Waals surface area (Å²) in [5.74, 6) is -0.00867. The largest absolute Gasteiger partial charge is 0.444 e. The van der Waals surface area contributed by atoms with Crippen LogP contribution < -0.4 is 4.90 Å². The van der Waals surface area contributed by atoms with Gasteiger partial charge in [-0.05, 0) is 51.7 Å². The number of hydrogen-bond acceptors (Lipinski definition) is 3. The molecule has 3 rings (SSSR count). The maximum absolute atomic E-state index is 13.0. The molecule has 2 heterocycles. The zero-order chi connectivity index (χ0) is 17.3. The molecule has 0 radical (unpaired) electrons. The lowest BCUT2D eigenvalue weighted by atomic mass is 9.96. The molecule has 0 N–H and O–H groups in total. The van der Waals surface area contributed by atoms with E-state index in [2.05, 4.69) is 6.07 Å². The van der Waals surface area contributed by atoms with E-state index in [-0.39, 0.29) is 17.9 Å². The predicted octanol–water partition coefficient (Wildman–Crippen LogP) is 3.22. The first-order chi connectivity index (χ1) is 11.3. The van der Waals surface area contributed by atoms with Crippen molar-refractivity contribution < 1.29 is 14.3 Å². The standard InChI is InChI=1S/C19H26N2O3/c1-19(2,3)24-18(23)20-11-6-8-15(13-20)17(22)21-12-10-14-7-4-5-9-16(14)21/h4-5,7,9,15H,6,8,10-13H2,1-3H3/t15-/m1/s1. The number of piperidine rings is 1. The maximum atomic E-state index is 13.0. The van der Waals surface area contributed by atoms with E-state index >= 15 is 0 Å². The fourth-order valence-electron chi connectivity index (χ4n) is 3.46. The minimum absolute atomic E-state index is 0.133. The Morgan fingerprint density at radius 1 is 1.17 bits per heavy atom. The zero-order valence-electron chi connectivity index (χ0n) is 14.7. The van der Waals surface area contributed by atoms with Crippen LogP contribution in [-0.4, -0.2) is 42.1 Å². The summed E-state index contributed by atoms with van der Waals surface area (Å²) in [6, 6.07) is 8.07. The van der Waals surface area contributed by atoms with Gasteiger partial charge in [0, 0.05) is 25.3 Å². The Balaban J connectivity index is 1.67. The van der Waals surface area contributed by atoms with Gasteiger partial charge in [0.15, 0.2) is 0 Å². The molecule has 0 bridgehead atoms. The smallest absolute Gasteiger partial charge is 0.410 e. The molecule has 2 aliphatic rings. The molecule has 5 heteroatoms. The molecule has 5 nitrogen and oxygen atoms in total. The molecule has 2 amide bonds. The number of fused-ring (bicyclic) bond motifs is 1. The van der Waals surface area contributed by atoms with Crippen LogP contribution in [0.15, 0.2) is 24.3 Å². The highest BCUT2D eigenvalue weighted by molar-refractivity contribution is 5.97. The average Bonchev–Trinajstić information content (AvgIpc) is 2.97. The highest BCUT2D eigenvalue weighted by Crippen LogP contribution is 2.30. The molecule has 0 unspecified atom stereocenters. The second-order valence-corrected chi connectivity index (χ2v) is 7.63. The second-order valence-electron chi connectivity index (χ2n) is 7.63. The van der Waals surface area contributed by atoms with Gasteiger partial charge in [0.25, 0.3) is 0 Å². The number of nitrogens with zero attached hydrogens (tertiary/aromatic N) is 2. The lowest BCUT2D eigenvalue weighted by Gasteiger charge is -2.35. The second kappa shape index (κ2) is 6.46. The molecule has 1 aromatic carbocycles. The van der Waals surface area contributed by atoms with Gasteiger partial charge in [0.1, 0.15) is 5.60 Å². The molecule has 130 valence electrons. The topological polar surface area (TPSA) is 49.9 Å². The predicted molar refractivity (Wildman–Crippen MR) is 93.0 cm³/mol. The highest BCUT2D eigenvalue weighted by Gasteiger charge is 2.35. The molecule has 24 heavy (non-hydrogen) atoms. The zero-order valence-corrected chi connectivity index (χ0v) is 14.7. The molecular formula is C19H26N2O3. The summed E-state index contributed by atoms with van der Waals surface area (Å²) >= 11 is 0. The van der Waals surface area contributed by atoms with Crippen molar-refractivity contribution in [2.45, 2.75) is 45.6 Å². The summed E-state index contributed by atoms with van der Waals surface area (Å²) in [6.45, 7) is 7.43. The van der Waals surface area contributed by atoms with Crippen LogP contribution >= 0.6 is 0 Å². The lowest BCUT2D eigenvalue weighted by Crippen LogP contribution is -2.47. The van der Waals surface area contributed by atoms with Crippen LogP contribution in [-0.2, 0) is 16.0 Å². The molecule has 1 fully saturated rings. The van der Waals surface area contributed by atoms with Gasteiger partial charge in [-0.25, -0.2) is 4.79 Å². The number of carbonyl (C=O) groups excluding carboxylic acids is 2. The van der Waals surface area contributed by atoms with Gasteiger partial charge in [-0.2, -0.15) is 0 Å². The average molecular weight is 330 g/mol. The molecule has 0 aromatic heterocycles. The van der Waals surface area contributed by atoms with Crippen molar-refractivity contribution in [3.05, 3.63) is 29.8 Å². The van der Waals surface area contributed by atoms with E-state index < -0.39 is 5.60 Å². The first-order valence-corrected chi connectivity index (χ1v) is 8.72. The number of amides is 2. The Morgan fingerprint density at radius 3 is 2.67 bits per heavy atom. The van der Waals surface area contributed by atoms with E-state index in [4.69, 9.17) is 4.74 Å². The Hall–Kier alpha value is -2.04. The Bertz CT molecular complexity index is 636. The lowest BCUT2D eigenvalue weighted by molar-refractivity contribution is -0.123. The molecule has 2 aliphatic heterocycles. The quantitative estimate of drug-likeness (QED) is 0.794. The van der Waals surface area contributed by atoms with Crippen LogP contribution in [0.3, 0.4) is 0 Å². The normalized spacial score (nSPS) is 20.7. The number of hydrogen-bond donors (Lipinski definition) is 0. The van der Waals surface area contributed by atoms with Crippen molar-refractivity contribution in [1.29, 1.82) is 0 Å². The van der Waals surface area contributed by atoms with E-state index in [0.29, 0.717) is 13.1 Å². The van der Waals surface area contributed by atoms with Crippen LogP contribution in [0.2, 0.25) is 0 Å². The third kappa shape index (κ3) is 3.55. The molecule has 0 aliphatic carbocycles. The number of ether oxygens (including phenoxy) is 1. The maximum Gasteiger partial charge on any atom is 0.410 e. The fourth-order valence-corrected chi connectivity index (χ4v) is 3.46. The number of anilines is 1. The SMILES string of the molecule is CC(C)(C)OC(=O)N1CCC[C@@H](C(=O)N2CCc3ccccc32)C1. The van der Waals surface area contributed by atoms with Crippen LogP contribution in [0, 0.1) is 5.92 Å². The van der Waals surface area contributed by atoms with E-state index in [9.17, 15) is 9.59 Å². The molecule has 1 atom stereocenters. The fraction of sp³-hybridized carbons (Fsp3) is 0.579. The van der Waals surface area contributed by atoms with Crippen molar-refractivity contribution >= 4 is 17.7 Å². The van der Waals surface area contributed by atoms with Gasteiger partial charge in [-0.1, -0.05) is 18.2 Å². The third-order valence-corrected chi connectivity index (χ3v) is 4.58. The number of likely N-dealkylation sites (tertiary alicyclic amines) is 1. The summed E-state index contributed by atoms with van der Waals surface area (Å²) in [4.78, 5) is 28.8. The van der Waals surface area contributed by atoms with Gasteiger partial charge < -0.3 is 14.5 Å². The van der Waals surface area contributed by atoms with Crippen molar-refractivity contribution in [1.82, 2.24) is 4.90 Å². The van der Waals surface area contributed by atoms with E-state index in [0.717, 1.165) is 31.5 Å². The molecular weight excluding hydrogens is 304 g/mol. The Labute approximate surface area is 143 Å². The number of rotatable bonds is 1. The third-order valence-electron chi connectivity index (χ3n) is 4.58. The van der Waals surface area contributed by atoms with Gasteiger partial charge in [-0.15, -0.1) is 0 Å². The Kier molecular flexibility index (Phi) is 4.52. The summed E-state index contributed by atoms with van der Waals surface area (Å²) in [7, 11) is 0. The minimum atomic E-state index is -0.512. The van der Waals surface area contributed by atoms with E-state index in [1.54, 1.807) is 4.90 Å². The summed E-state index contributed by atoms with van der Waals surface area (Å²) < 4.78 is 5.45. The Morgan fingerprint density at radius 2 is 1.92 bits per heavy atom. The molecule has 0 saturated carbocycles. The van der Waals surface area contributed by atoms with Gasteiger partial charge in [0.2, 0.25) is 5.91 Å². The van der Waals surface area contributed by atoms with Gasteiger partial charge in [-0.3, -0.25) is 4.79 Å². The van der Waals surface area contributed by atoms with Crippen LogP contribution in [0.1, 0.15) is 39.2 Å². The summed E-state index contributed by atoms with van der Waals surface area (Å²) in [5, 5.41) is 0. The van der Waals surface area contributed by atoms with Gasteiger partial charge >= 0.3 is 6.09 Å². The van der Waals surface area contributed by atoms with Crippen molar-refractivity contribution in [2.24, 2.45) is 5.92 Å². The van der Waals surface area contributed by atoms with Crippen molar-refractivity contribution in [3.8, 4) is 0 Å². The number of benzene rings is 1. The summed E-state index contributed by atoms with van der Waals surface area (Å²) in [5.41, 5.74) is 1.74. The van der Waals surface area contributed by atoms with E-state index in [1.807, 2.05) is 43.9 Å². The van der Waals surface area contributed by atoms with Crippen molar-refractivity contribution in [2.75, 3.05) is 24.5 Å². The number of para-hydroxylation sites is 1.